The Balaban J connectivity index is 2.72. The zero-order chi connectivity index (χ0) is 12.2. The second-order valence-corrected chi connectivity index (χ2v) is 4.74. The standard InChI is InChI=1S/C11H18BrNO3/c1-3-11(6-14,7-15)13-8(2)9-4-5-10(12)16-9/h4-5,8,13-15H,3,6-7H2,1-2H3. The summed E-state index contributed by atoms with van der Waals surface area (Å²) in [5.74, 6) is 0.770. The minimum atomic E-state index is -0.654. The lowest BCUT2D eigenvalue weighted by molar-refractivity contribution is 0.0767. The molecular formula is C11H18BrNO3. The van der Waals surface area contributed by atoms with Crippen LogP contribution in [0.5, 0.6) is 0 Å². The van der Waals surface area contributed by atoms with Gasteiger partial charge in [0.25, 0.3) is 0 Å². The van der Waals surface area contributed by atoms with Gasteiger partial charge in [-0.1, -0.05) is 6.92 Å². The van der Waals surface area contributed by atoms with Crippen molar-refractivity contribution in [3.63, 3.8) is 0 Å². The van der Waals surface area contributed by atoms with Gasteiger partial charge in [-0.05, 0) is 41.4 Å². The highest BCUT2D eigenvalue weighted by Crippen LogP contribution is 2.23. The highest BCUT2D eigenvalue weighted by molar-refractivity contribution is 9.10. The van der Waals surface area contributed by atoms with Gasteiger partial charge in [-0.2, -0.15) is 0 Å². The first-order valence-electron chi connectivity index (χ1n) is 5.31. The molecule has 1 rings (SSSR count). The molecule has 0 radical (unpaired) electrons. The number of aliphatic hydroxyl groups is 2. The Labute approximate surface area is 104 Å². The van der Waals surface area contributed by atoms with Crippen LogP contribution in [-0.4, -0.2) is 29.0 Å². The van der Waals surface area contributed by atoms with Gasteiger partial charge in [0.2, 0.25) is 0 Å². The molecule has 1 aromatic rings. The maximum absolute atomic E-state index is 9.32. The summed E-state index contributed by atoms with van der Waals surface area (Å²) >= 11 is 3.24. The van der Waals surface area contributed by atoms with Gasteiger partial charge in [-0.15, -0.1) is 0 Å². The molecule has 92 valence electrons. The first kappa shape index (κ1) is 13.7. The summed E-state index contributed by atoms with van der Waals surface area (Å²) < 4.78 is 6.09. The van der Waals surface area contributed by atoms with Gasteiger partial charge in [0.1, 0.15) is 5.76 Å². The highest BCUT2D eigenvalue weighted by Gasteiger charge is 2.29. The van der Waals surface area contributed by atoms with Gasteiger partial charge in [0, 0.05) is 0 Å². The average molecular weight is 292 g/mol. The molecule has 1 heterocycles. The van der Waals surface area contributed by atoms with E-state index in [1.165, 1.54) is 0 Å². The van der Waals surface area contributed by atoms with E-state index in [9.17, 15) is 10.2 Å². The van der Waals surface area contributed by atoms with Crippen LogP contribution in [0, 0.1) is 0 Å². The van der Waals surface area contributed by atoms with E-state index < -0.39 is 5.54 Å². The summed E-state index contributed by atoms with van der Waals surface area (Å²) in [5, 5.41) is 21.8. The Morgan fingerprint density at radius 1 is 1.44 bits per heavy atom. The Morgan fingerprint density at radius 2 is 2.06 bits per heavy atom. The molecule has 0 saturated carbocycles. The zero-order valence-corrected chi connectivity index (χ0v) is 11.1. The van der Waals surface area contributed by atoms with E-state index in [0.717, 1.165) is 5.76 Å². The fraction of sp³-hybridized carbons (Fsp3) is 0.636. The monoisotopic (exact) mass is 291 g/mol. The van der Waals surface area contributed by atoms with Crippen LogP contribution in [0.15, 0.2) is 21.2 Å². The lowest BCUT2D eigenvalue weighted by Crippen LogP contribution is -2.52. The van der Waals surface area contributed by atoms with E-state index in [1.807, 2.05) is 26.0 Å². The lowest BCUT2D eigenvalue weighted by Gasteiger charge is -2.32. The topological polar surface area (TPSA) is 65.6 Å². The molecule has 0 amide bonds. The maximum atomic E-state index is 9.32. The summed E-state index contributed by atoms with van der Waals surface area (Å²) in [7, 11) is 0. The fourth-order valence-electron chi connectivity index (χ4n) is 1.56. The number of hydrogen-bond donors (Lipinski definition) is 3. The largest absolute Gasteiger partial charge is 0.453 e. The Bertz CT molecular complexity index is 315. The van der Waals surface area contributed by atoms with Gasteiger partial charge in [0.15, 0.2) is 4.67 Å². The molecule has 1 atom stereocenters. The third kappa shape index (κ3) is 3.07. The van der Waals surface area contributed by atoms with Crippen molar-refractivity contribution in [2.24, 2.45) is 0 Å². The third-order valence-corrected chi connectivity index (χ3v) is 3.25. The van der Waals surface area contributed by atoms with Crippen LogP contribution in [0.3, 0.4) is 0 Å². The summed E-state index contributed by atoms with van der Waals surface area (Å²) in [4.78, 5) is 0. The second kappa shape index (κ2) is 5.82. The first-order valence-corrected chi connectivity index (χ1v) is 6.11. The molecule has 0 spiro atoms. The van der Waals surface area contributed by atoms with Gasteiger partial charge in [0.05, 0.1) is 24.8 Å². The molecule has 0 aliphatic rings. The number of halogens is 1. The van der Waals surface area contributed by atoms with Crippen molar-refractivity contribution >= 4 is 15.9 Å². The first-order chi connectivity index (χ1) is 7.56. The molecule has 0 bridgehead atoms. The molecule has 0 saturated heterocycles. The minimum Gasteiger partial charge on any atom is -0.453 e. The quantitative estimate of drug-likeness (QED) is 0.748. The number of hydrogen-bond acceptors (Lipinski definition) is 4. The van der Waals surface area contributed by atoms with Crippen LogP contribution in [-0.2, 0) is 0 Å². The van der Waals surface area contributed by atoms with Crippen LogP contribution < -0.4 is 5.32 Å². The number of furan rings is 1. The molecular weight excluding hydrogens is 274 g/mol. The van der Waals surface area contributed by atoms with E-state index in [-0.39, 0.29) is 19.3 Å². The van der Waals surface area contributed by atoms with Gasteiger partial charge >= 0.3 is 0 Å². The van der Waals surface area contributed by atoms with Crippen molar-refractivity contribution in [2.75, 3.05) is 13.2 Å². The van der Waals surface area contributed by atoms with E-state index in [2.05, 4.69) is 21.2 Å². The Kier molecular flexibility index (Phi) is 4.98. The molecule has 0 fully saturated rings. The second-order valence-electron chi connectivity index (χ2n) is 3.96. The van der Waals surface area contributed by atoms with Crippen LogP contribution in [0.2, 0.25) is 0 Å². The Hall–Kier alpha value is -0.360. The predicted molar refractivity (Wildman–Crippen MR) is 65.2 cm³/mol. The lowest BCUT2D eigenvalue weighted by atomic mass is 9.97. The summed E-state index contributed by atoms with van der Waals surface area (Å²) in [6, 6.07) is 3.61. The van der Waals surface area contributed by atoms with Crippen molar-refractivity contribution < 1.29 is 14.6 Å². The minimum absolute atomic E-state index is 0.0643. The highest BCUT2D eigenvalue weighted by atomic mass is 79.9. The third-order valence-electron chi connectivity index (χ3n) is 2.83. The van der Waals surface area contributed by atoms with E-state index in [0.29, 0.717) is 11.1 Å². The summed E-state index contributed by atoms with van der Waals surface area (Å²) in [5.41, 5.74) is -0.654. The molecule has 5 heteroatoms. The van der Waals surface area contributed by atoms with Gasteiger partial charge < -0.3 is 14.6 Å². The van der Waals surface area contributed by atoms with Crippen LogP contribution in [0.25, 0.3) is 0 Å². The van der Waals surface area contributed by atoms with Crippen molar-refractivity contribution in [1.82, 2.24) is 5.32 Å². The van der Waals surface area contributed by atoms with E-state index in [1.54, 1.807) is 0 Å². The molecule has 0 aliphatic heterocycles. The average Bonchev–Trinajstić information content (AvgIpc) is 2.73. The molecule has 16 heavy (non-hydrogen) atoms. The molecule has 0 aromatic carbocycles. The zero-order valence-electron chi connectivity index (χ0n) is 9.53. The number of aliphatic hydroxyl groups excluding tert-OH is 2. The molecule has 1 aromatic heterocycles. The maximum Gasteiger partial charge on any atom is 0.169 e. The van der Waals surface area contributed by atoms with Crippen molar-refractivity contribution in [3.05, 3.63) is 22.6 Å². The summed E-state index contributed by atoms with van der Waals surface area (Å²) in [6.07, 6.45) is 0.645. The van der Waals surface area contributed by atoms with Gasteiger partial charge in [-0.25, -0.2) is 0 Å². The van der Waals surface area contributed by atoms with Crippen molar-refractivity contribution in [1.29, 1.82) is 0 Å². The SMILES string of the molecule is CCC(CO)(CO)NC(C)c1ccc(Br)o1. The normalized spacial score (nSPS) is 14.1. The fourth-order valence-corrected chi connectivity index (χ4v) is 1.88. The van der Waals surface area contributed by atoms with E-state index >= 15 is 0 Å². The molecule has 4 nitrogen and oxygen atoms in total. The summed E-state index contributed by atoms with van der Waals surface area (Å²) in [6.45, 7) is 3.64. The number of nitrogens with one attached hydrogen (secondary N) is 1. The van der Waals surface area contributed by atoms with Crippen LogP contribution >= 0.6 is 15.9 Å². The van der Waals surface area contributed by atoms with Crippen molar-refractivity contribution in [3.8, 4) is 0 Å². The molecule has 1 unspecified atom stereocenters. The van der Waals surface area contributed by atoms with E-state index in [4.69, 9.17) is 4.42 Å². The predicted octanol–water partition coefficient (Wildman–Crippen LogP) is 1.83. The van der Waals surface area contributed by atoms with Gasteiger partial charge in [-0.3, -0.25) is 5.32 Å². The molecule has 0 aliphatic carbocycles. The van der Waals surface area contributed by atoms with Crippen LogP contribution in [0.4, 0.5) is 0 Å². The Morgan fingerprint density at radius 3 is 2.44 bits per heavy atom. The number of rotatable bonds is 6. The molecule has 3 N–H and O–H groups in total. The van der Waals surface area contributed by atoms with Crippen LogP contribution in [0.1, 0.15) is 32.1 Å². The smallest absolute Gasteiger partial charge is 0.169 e. The van der Waals surface area contributed by atoms with Crippen molar-refractivity contribution in [2.45, 2.75) is 31.8 Å².